The molecular formula is C12H18N2O4. The van der Waals surface area contributed by atoms with Crippen LogP contribution >= 0.6 is 0 Å². The van der Waals surface area contributed by atoms with Crippen LogP contribution in [0, 0.1) is 0 Å². The lowest BCUT2D eigenvalue weighted by Crippen LogP contribution is -2.41. The van der Waals surface area contributed by atoms with Crippen LogP contribution < -0.4 is 5.32 Å². The van der Waals surface area contributed by atoms with Gasteiger partial charge in [-0.25, -0.2) is 4.79 Å². The van der Waals surface area contributed by atoms with Gasteiger partial charge in [-0.2, -0.15) is 0 Å². The molecule has 1 saturated carbocycles. The van der Waals surface area contributed by atoms with E-state index in [1.54, 1.807) is 0 Å². The van der Waals surface area contributed by atoms with Crippen molar-refractivity contribution in [2.75, 3.05) is 0 Å². The molecule has 0 aromatic carbocycles. The Balaban J connectivity index is 1.80. The molecule has 0 unspecified atom stereocenters. The van der Waals surface area contributed by atoms with E-state index < -0.39 is 17.9 Å². The van der Waals surface area contributed by atoms with E-state index in [-0.39, 0.29) is 18.9 Å². The van der Waals surface area contributed by atoms with E-state index in [0.717, 1.165) is 25.7 Å². The fraction of sp³-hybridized carbons (Fsp3) is 0.750. The maximum absolute atomic E-state index is 11.6. The summed E-state index contributed by atoms with van der Waals surface area (Å²) in [6.45, 7) is 0. The smallest absolute Gasteiger partial charge is 0.317 e. The van der Waals surface area contributed by atoms with Crippen molar-refractivity contribution in [3.63, 3.8) is 0 Å². The quantitative estimate of drug-likeness (QED) is 0.598. The highest BCUT2D eigenvalue weighted by Crippen LogP contribution is 2.18. The number of nitrogens with zero attached hydrogens (tertiary/aromatic N) is 1. The highest BCUT2D eigenvalue weighted by Gasteiger charge is 2.33. The molecule has 6 heteroatoms. The van der Waals surface area contributed by atoms with Crippen molar-refractivity contribution in [1.82, 2.24) is 10.4 Å². The normalized spacial score (nSPS) is 21.9. The zero-order valence-corrected chi connectivity index (χ0v) is 10.3. The monoisotopic (exact) mass is 254 g/mol. The molecule has 1 aliphatic carbocycles. The molecule has 1 heterocycles. The van der Waals surface area contributed by atoms with Crippen LogP contribution in [0.25, 0.3) is 0 Å². The predicted molar refractivity (Wildman–Crippen MR) is 62.2 cm³/mol. The number of hydrogen-bond acceptors (Lipinski definition) is 4. The lowest BCUT2D eigenvalue weighted by molar-refractivity contribution is -0.171. The minimum atomic E-state index is -0.703. The molecule has 1 aliphatic heterocycles. The van der Waals surface area contributed by atoms with E-state index in [0.29, 0.717) is 5.06 Å². The van der Waals surface area contributed by atoms with E-state index in [9.17, 15) is 14.4 Å². The maximum Gasteiger partial charge on any atom is 0.432 e. The summed E-state index contributed by atoms with van der Waals surface area (Å²) in [4.78, 5) is 38.9. The minimum absolute atomic E-state index is 0.0906. The van der Waals surface area contributed by atoms with Crippen LogP contribution in [0.4, 0.5) is 4.79 Å². The van der Waals surface area contributed by atoms with E-state index in [1.807, 2.05) is 0 Å². The second-order valence-corrected chi connectivity index (χ2v) is 4.79. The summed E-state index contributed by atoms with van der Waals surface area (Å²) in [5.41, 5.74) is 0. The Kier molecular flexibility index (Phi) is 4.17. The van der Waals surface area contributed by atoms with Crippen LogP contribution in [0.3, 0.4) is 0 Å². The third-order valence-electron chi connectivity index (χ3n) is 3.36. The molecule has 0 aromatic rings. The zero-order chi connectivity index (χ0) is 13.0. The van der Waals surface area contributed by atoms with Gasteiger partial charge in [0.1, 0.15) is 0 Å². The summed E-state index contributed by atoms with van der Waals surface area (Å²) in [6.07, 6.45) is 5.95. The van der Waals surface area contributed by atoms with Crippen molar-refractivity contribution in [1.29, 1.82) is 0 Å². The topological polar surface area (TPSA) is 75.7 Å². The third kappa shape index (κ3) is 3.21. The summed E-state index contributed by atoms with van der Waals surface area (Å²) in [5, 5.41) is 3.30. The molecule has 6 nitrogen and oxygen atoms in total. The van der Waals surface area contributed by atoms with Gasteiger partial charge in [0.15, 0.2) is 0 Å². The number of nitrogens with one attached hydrogen (secondary N) is 1. The fourth-order valence-electron chi connectivity index (χ4n) is 2.36. The summed E-state index contributed by atoms with van der Waals surface area (Å²) >= 11 is 0. The van der Waals surface area contributed by atoms with Gasteiger partial charge >= 0.3 is 6.09 Å². The molecule has 0 radical (unpaired) electrons. The first-order valence-electron chi connectivity index (χ1n) is 6.51. The van der Waals surface area contributed by atoms with E-state index >= 15 is 0 Å². The second kappa shape index (κ2) is 5.84. The van der Waals surface area contributed by atoms with Crippen LogP contribution in [0.15, 0.2) is 0 Å². The van der Waals surface area contributed by atoms with Crippen LogP contribution in [0.5, 0.6) is 0 Å². The Morgan fingerprint density at radius 2 is 1.61 bits per heavy atom. The van der Waals surface area contributed by atoms with Crippen LogP contribution in [-0.2, 0) is 14.4 Å². The highest BCUT2D eigenvalue weighted by molar-refractivity contribution is 6.01. The lowest BCUT2D eigenvalue weighted by atomic mass is 10.1. The highest BCUT2D eigenvalue weighted by atomic mass is 16.7. The summed E-state index contributed by atoms with van der Waals surface area (Å²) in [5.74, 6) is -0.896. The number of rotatable bonds is 2. The van der Waals surface area contributed by atoms with Crippen LogP contribution in [-0.4, -0.2) is 29.0 Å². The molecule has 0 atom stereocenters. The average molecular weight is 254 g/mol. The summed E-state index contributed by atoms with van der Waals surface area (Å²) < 4.78 is 0. The zero-order valence-electron chi connectivity index (χ0n) is 10.3. The van der Waals surface area contributed by atoms with Gasteiger partial charge in [-0.3, -0.25) is 9.59 Å². The third-order valence-corrected chi connectivity index (χ3v) is 3.36. The van der Waals surface area contributed by atoms with Gasteiger partial charge in [0.05, 0.1) is 0 Å². The van der Waals surface area contributed by atoms with Gasteiger partial charge in [-0.1, -0.05) is 25.7 Å². The number of carbonyl (C=O) groups is 3. The number of hydroxylamine groups is 2. The van der Waals surface area contributed by atoms with Crippen molar-refractivity contribution in [2.24, 2.45) is 0 Å². The van der Waals surface area contributed by atoms with Crippen molar-refractivity contribution < 1.29 is 19.2 Å². The number of hydrogen-bond donors (Lipinski definition) is 1. The first-order valence-corrected chi connectivity index (χ1v) is 6.51. The van der Waals surface area contributed by atoms with Gasteiger partial charge in [0.2, 0.25) is 0 Å². The Hall–Kier alpha value is -1.59. The molecule has 2 aliphatic rings. The Labute approximate surface area is 106 Å². The molecule has 2 rings (SSSR count). The van der Waals surface area contributed by atoms with Gasteiger partial charge < -0.3 is 10.2 Å². The van der Waals surface area contributed by atoms with E-state index in [2.05, 4.69) is 5.32 Å². The molecule has 2 fully saturated rings. The first-order chi connectivity index (χ1) is 8.66. The first kappa shape index (κ1) is 12.9. The fourth-order valence-corrected chi connectivity index (χ4v) is 2.36. The standard InChI is InChI=1S/C12H18N2O4/c15-10-7-8-11(16)14(10)18-12(17)13-9-5-3-1-2-4-6-9/h9H,1-8H2,(H,13,17). The summed E-state index contributed by atoms with van der Waals surface area (Å²) in [7, 11) is 0. The lowest BCUT2D eigenvalue weighted by Gasteiger charge is -2.18. The van der Waals surface area contributed by atoms with Gasteiger partial charge in [-0.15, -0.1) is 5.06 Å². The van der Waals surface area contributed by atoms with Crippen LogP contribution in [0.1, 0.15) is 51.4 Å². The average Bonchev–Trinajstić information content (AvgIpc) is 2.59. The van der Waals surface area contributed by atoms with Crippen molar-refractivity contribution in [3.05, 3.63) is 0 Å². The minimum Gasteiger partial charge on any atom is -0.317 e. The van der Waals surface area contributed by atoms with E-state index in [1.165, 1.54) is 12.8 Å². The Bertz CT molecular complexity index is 332. The number of amides is 3. The van der Waals surface area contributed by atoms with Crippen molar-refractivity contribution in [3.8, 4) is 0 Å². The molecule has 1 saturated heterocycles. The van der Waals surface area contributed by atoms with Gasteiger partial charge in [0, 0.05) is 18.9 Å². The molecule has 3 amide bonds. The van der Waals surface area contributed by atoms with E-state index in [4.69, 9.17) is 4.84 Å². The molecule has 18 heavy (non-hydrogen) atoms. The Morgan fingerprint density at radius 1 is 1.06 bits per heavy atom. The van der Waals surface area contributed by atoms with Gasteiger partial charge in [-0.05, 0) is 12.8 Å². The molecule has 1 N–H and O–H groups in total. The number of imide groups is 1. The largest absolute Gasteiger partial charge is 0.432 e. The summed E-state index contributed by atoms with van der Waals surface area (Å²) in [6, 6.07) is 0.0906. The molecule has 0 bridgehead atoms. The molecule has 100 valence electrons. The molecular weight excluding hydrogens is 236 g/mol. The maximum atomic E-state index is 11.6. The Morgan fingerprint density at radius 3 is 2.17 bits per heavy atom. The SMILES string of the molecule is O=C(NC1CCCCCC1)ON1C(=O)CCC1=O. The molecule has 0 spiro atoms. The predicted octanol–water partition coefficient (Wildman–Crippen LogP) is 1.50. The van der Waals surface area contributed by atoms with Crippen molar-refractivity contribution >= 4 is 17.9 Å². The van der Waals surface area contributed by atoms with Crippen LogP contribution in [0.2, 0.25) is 0 Å². The molecule has 0 aromatic heterocycles. The van der Waals surface area contributed by atoms with Gasteiger partial charge in [0.25, 0.3) is 11.8 Å². The van der Waals surface area contributed by atoms with Crippen molar-refractivity contribution in [2.45, 2.75) is 57.4 Å². The second-order valence-electron chi connectivity index (χ2n) is 4.79. The number of carbonyl (C=O) groups excluding carboxylic acids is 3.